The molecule has 1 aliphatic heterocycles. The Hall–Kier alpha value is -3.82. The van der Waals surface area contributed by atoms with Gasteiger partial charge in [0.25, 0.3) is 0 Å². The molecule has 0 spiro atoms. The van der Waals surface area contributed by atoms with Gasteiger partial charge in [-0.05, 0) is 26.8 Å². The molecule has 0 radical (unpaired) electrons. The Morgan fingerprint density at radius 3 is 2.61 bits per heavy atom. The molecule has 31 heavy (non-hydrogen) atoms. The molecule has 1 unspecified atom stereocenters. The van der Waals surface area contributed by atoms with Crippen molar-refractivity contribution in [3.63, 3.8) is 0 Å². The van der Waals surface area contributed by atoms with Crippen LogP contribution < -0.4 is 11.1 Å². The Kier molecular flexibility index (Phi) is 6.28. The summed E-state index contributed by atoms with van der Waals surface area (Å²) in [4.78, 5) is 30.5. The van der Waals surface area contributed by atoms with E-state index >= 15 is 0 Å². The third-order valence-corrected chi connectivity index (χ3v) is 4.60. The van der Waals surface area contributed by atoms with Crippen LogP contribution in [0.3, 0.4) is 0 Å². The van der Waals surface area contributed by atoms with Gasteiger partial charge in [0.1, 0.15) is 12.4 Å². The molecule has 2 N–H and O–H groups in total. The van der Waals surface area contributed by atoms with E-state index in [-0.39, 0.29) is 18.5 Å². The van der Waals surface area contributed by atoms with E-state index in [0.29, 0.717) is 17.1 Å². The number of aromatic nitrogens is 2. The molecule has 0 saturated heterocycles. The summed E-state index contributed by atoms with van der Waals surface area (Å²) in [5.41, 5.74) is 0.650. The Bertz CT molecular complexity index is 1080. The Morgan fingerprint density at radius 2 is 2.03 bits per heavy atom. The first-order valence-corrected chi connectivity index (χ1v) is 9.64. The fourth-order valence-electron chi connectivity index (χ4n) is 3.31. The van der Waals surface area contributed by atoms with Crippen molar-refractivity contribution in [2.24, 2.45) is 12.2 Å². The highest BCUT2D eigenvalue weighted by atomic mass is 16.6. The highest BCUT2D eigenvalue weighted by Gasteiger charge is 2.32. The van der Waals surface area contributed by atoms with Crippen LogP contribution in [0.5, 0.6) is 0 Å². The number of amides is 1. The maximum absolute atomic E-state index is 11.7. The number of allylic oxidation sites excluding steroid dienone is 2. The average Bonchev–Trinajstić information content (AvgIpc) is 3.03. The predicted molar refractivity (Wildman–Crippen MR) is 114 cm³/mol. The summed E-state index contributed by atoms with van der Waals surface area (Å²) in [6.45, 7) is 6.05. The number of hydrogen-bond acceptors (Lipinski definition) is 7. The second-order valence-electron chi connectivity index (χ2n) is 7.91. The van der Waals surface area contributed by atoms with Crippen LogP contribution in [0.15, 0.2) is 68.9 Å². The molecule has 0 fully saturated rings. The fraction of sp³-hybridized carbons (Fsp3) is 0.333. The molecule has 2 heterocycles. The first kappa shape index (κ1) is 21.9. The zero-order valence-corrected chi connectivity index (χ0v) is 17.8. The minimum atomic E-state index is -1.15. The van der Waals surface area contributed by atoms with Gasteiger partial charge >= 0.3 is 11.8 Å². The third-order valence-electron chi connectivity index (χ3n) is 4.60. The predicted octanol–water partition coefficient (Wildman–Crippen LogP) is 2.29. The van der Waals surface area contributed by atoms with Gasteiger partial charge in [0.2, 0.25) is 5.82 Å². The van der Waals surface area contributed by atoms with Crippen molar-refractivity contribution in [2.45, 2.75) is 32.4 Å². The van der Waals surface area contributed by atoms with Crippen LogP contribution in [-0.4, -0.2) is 49.7 Å². The van der Waals surface area contributed by atoms with E-state index in [4.69, 9.17) is 14.5 Å². The zero-order valence-electron chi connectivity index (χ0n) is 17.8. The quantitative estimate of drug-likeness (QED) is 0.536. The SMILES string of the molecule is Cn1c(/C(=N\OCC2C=CC=C(NC(=O)O)N2C(C)(C)C)c2ccccc2)noc1=O. The molecule has 164 valence electrons. The summed E-state index contributed by atoms with van der Waals surface area (Å²) >= 11 is 0. The summed E-state index contributed by atoms with van der Waals surface area (Å²) in [5.74, 6) is 0.0701. The molecule has 0 bridgehead atoms. The van der Waals surface area contributed by atoms with E-state index in [9.17, 15) is 9.59 Å². The van der Waals surface area contributed by atoms with Crippen molar-refractivity contribution in [2.75, 3.05) is 6.61 Å². The fourth-order valence-corrected chi connectivity index (χ4v) is 3.31. The van der Waals surface area contributed by atoms with Crippen LogP contribution in [0.2, 0.25) is 0 Å². The molecule has 1 aromatic carbocycles. The summed E-state index contributed by atoms with van der Waals surface area (Å²) in [6.07, 6.45) is 4.22. The Morgan fingerprint density at radius 1 is 1.32 bits per heavy atom. The number of benzene rings is 1. The number of hydrogen-bond donors (Lipinski definition) is 2. The van der Waals surface area contributed by atoms with Gasteiger partial charge < -0.3 is 14.8 Å². The first-order chi connectivity index (χ1) is 14.7. The topological polar surface area (TPSA) is 122 Å². The van der Waals surface area contributed by atoms with Gasteiger partial charge in [-0.3, -0.25) is 14.4 Å². The van der Waals surface area contributed by atoms with E-state index in [0.717, 1.165) is 0 Å². The molecule has 10 heteroatoms. The first-order valence-electron chi connectivity index (χ1n) is 9.64. The van der Waals surface area contributed by atoms with Crippen molar-refractivity contribution < 1.29 is 19.3 Å². The van der Waals surface area contributed by atoms with Gasteiger partial charge in [0.05, 0.1) is 6.04 Å². The molecule has 0 aliphatic carbocycles. The van der Waals surface area contributed by atoms with E-state index in [1.54, 1.807) is 12.2 Å². The largest absolute Gasteiger partial charge is 0.465 e. The molecular formula is C21H25N5O5. The lowest BCUT2D eigenvalue weighted by atomic mass is 10.0. The highest BCUT2D eigenvalue weighted by molar-refractivity contribution is 6.10. The molecule has 3 rings (SSSR count). The Labute approximate surface area is 179 Å². The van der Waals surface area contributed by atoms with Gasteiger partial charge in [-0.15, -0.1) is 0 Å². The van der Waals surface area contributed by atoms with Crippen molar-refractivity contribution in [1.29, 1.82) is 0 Å². The average molecular weight is 427 g/mol. The highest BCUT2D eigenvalue weighted by Crippen LogP contribution is 2.26. The van der Waals surface area contributed by atoms with Crippen LogP contribution in [0.1, 0.15) is 32.2 Å². The lowest BCUT2D eigenvalue weighted by molar-refractivity contribution is 0.0529. The summed E-state index contributed by atoms with van der Waals surface area (Å²) < 4.78 is 5.98. The standard InChI is InChI=1S/C21H25N5O5/c1-21(2,3)26-15(11-8-12-16(26)22-19(27)28)13-30-23-17(14-9-6-5-7-10-14)18-24-31-20(29)25(18)4/h5-12,15,22H,13H2,1-4H3,(H,27,28)/b23-17-. The van der Waals surface area contributed by atoms with Gasteiger partial charge in [-0.1, -0.05) is 52.8 Å². The summed E-state index contributed by atoms with van der Waals surface area (Å²) in [5, 5.41) is 19.7. The van der Waals surface area contributed by atoms with Crippen LogP contribution in [0.25, 0.3) is 0 Å². The number of carboxylic acid groups (broad SMARTS) is 1. The number of oxime groups is 1. The maximum atomic E-state index is 11.7. The second kappa shape index (κ2) is 8.90. The smallest absolute Gasteiger partial charge is 0.441 e. The van der Waals surface area contributed by atoms with Gasteiger partial charge in [-0.25, -0.2) is 9.59 Å². The van der Waals surface area contributed by atoms with Gasteiger partial charge in [-0.2, -0.15) is 0 Å². The minimum Gasteiger partial charge on any atom is -0.465 e. The lowest BCUT2D eigenvalue weighted by Gasteiger charge is -2.44. The van der Waals surface area contributed by atoms with Gasteiger partial charge in [0.15, 0.2) is 5.71 Å². The molecule has 10 nitrogen and oxygen atoms in total. The monoisotopic (exact) mass is 427 g/mol. The molecule has 1 amide bonds. The van der Waals surface area contributed by atoms with Crippen LogP contribution in [-0.2, 0) is 11.9 Å². The van der Waals surface area contributed by atoms with E-state index in [1.165, 1.54) is 11.6 Å². The molecular weight excluding hydrogens is 402 g/mol. The number of nitrogens with zero attached hydrogens (tertiary/aromatic N) is 4. The Balaban J connectivity index is 1.87. The molecule has 0 saturated carbocycles. The third kappa shape index (κ3) is 5.03. The number of carbonyl (C=O) groups is 1. The van der Waals surface area contributed by atoms with Crippen molar-refractivity contribution in [3.8, 4) is 0 Å². The molecule has 1 aliphatic rings. The number of rotatable bonds is 6. The second-order valence-corrected chi connectivity index (χ2v) is 7.91. The zero-order chi connectivity index (χ0) is 22.6. The van der Waals surface area contributed by atoms with E-state index < -0.39 is 17.4 Å². The van der Waals surface area contributed by atoms with Crippen molar-refractivity contribution >= 4 is 11.8 Å². The van der Waals surface area contributed by atoms with E-state index in [1.807, 2.05) is 62.1 Å². The van der Waals surface area contributed by atoms with Crippen LogP contribution >= 0.6 is 0 Å². The van der Waals surface area contributed by atoms with Crippen LogP contribution in [0.4, 0.5) is 4.79 Å². The van der Waals surface area contributed by atoms with Crippen LogP contribution in [0, 0.1) is 0 Å². The number of nitrogens with one attached hydrogen (secondary N) is 1. The molecule has 2 aromatic rings. The molecule has 1 atom stereocenters. The summed E-state index contributed by atoms with van der Waals surface area (Å²) in [7, 11) is 1.53. The van der Waals surface area contributed by atoms with E-state index in [2.05, 4.69) is 15.6 Å². The van der Waals surface area contributed by atoms with Crippen molar-refractivity contribution in [3.05, 3.63) is 76.3 Å². The normalized spacial score (nSPS) is 16.8. The minimum absolute atomic E-state index is 0.133. The summed E-state index contributed by atoms with van der Waals surface area (Å²) in [6, 6.07) is 8.89. The lowest BCUT2D eigenvalue weighted by Crippen LogP contribution is -2.52. The van der Waals surface area contributed by atoms with Gasteiger partial charge in [0, 0.05) is 18.2 Å². The van der Waals surface area contributed by atoms with Crippen molar-refractivity contribution in [1.82, 2.24) is 19.9 Å². The molecule has 1 aromatic heterocycles. The maximum Gasteiger partial charge on any atom is 0.441 e.